The molecule has 1 spiro atoms. The molecule has 2 saturated heterocycles. The summed E-state index contributed by atoms with van der Waals surface area (Å²) in [7, 11) is 2.04. The fourth-order valence-electron chi connectivity index (χ4n) is 5.92. The minimum atomic E-state index is -0.824. The normalized spacial score (nSPS) is 22.5. The molecule has 1 N–H and O–H groups in total. The van der Waals surface area contributed by atoms with Gasteiger partial charge in [-0.05, 0) is 60.2 Å². The topological polar surface area (TPSA) is 85.4 Å². The van der Waals surface area contributed by atoms with Crippen LogP contribution in [-0.4, -0.2) is 55.1 Å². The molecule has 33 heavy (non-hydrogen) atoms. The average Bonchev–Trinajstić information content (AvgIpc) is 3.27. The van der Waals surface area contributed by atoms with E-state index in [1.807, 2.05) is 30.1 Å². The summed E-state index contributed by atoms with van der Waals surface area (Å²) in [4.78, 5) is 17.5. The Bertz CT molecular complexity index is 1250. The molecule has 1 saturated carbocycles. The number of benzene rings is 1. The summed E-state index contributed by atoms with van der Waals surface area (Å²) in [6.07, 6.45) is 6.10. The first-order chi connectivity index (χ1) is 15.8. The molecule has 3 fully saturated rings. The van der Waals surface area contributed by atoms with Crippen molar-refractivity contribution in [1.29, 1.82) is 0 Å². The molecule has 0 radical (unpaired) electrons. The van der Waals surface area contributed by atoms with E-state index in [4.69, 9.17) is 26.4 Å². The number of hydrogen-bond acceptors (Lipinski definition) is 4. The molecule has 6 rings (SSSR count). The van der Waals surface area contributed by atoms with Gasteiger partial charge in [-0.1, -0.05) is 11.6 Å². The summed E-state index contributed by atoms with van der Waals surface area (Å²) in [5.74, 6) is 1.34. The van der Waals surface area contributed by atoms with E-state index in [1.165, 1.54) is 4.90 Å². The van der Waals surface area contributed by atoms with Gasteiger partial charge in [0.15, 0.2) is 6.23 Å². The fraction of sp³-hybridized carbons (Fsp3) is 0.522. The van der Waals surface area contributed by atoms with Crippen LogP contribution in [0.1, 0.15) is 50.1 Å². The van der Waals surface area contributed by atoms with E-state index < -0.39 is 6.09 Å². The molecule has 1 amide bonds. The van der Waals surface area contributed by atoms with Gasteiger partial charge in [0, 0.05) is 54.0 Å². The van der Waals surface area contributed by atoms with Crippen LogP contribution in [0, 0.1) is 5.41 Å². The molecular formula is C23H25BrClN5O3. The van der Waals surface area contributed by atoms with E-state index in [1.54, 1.807) is 0 Å². The molecule has 3 aliphatic rings. The number of nitrogens with zero attached hydrogens (tertiary/aromatic N) is 5. The third-order valence-corrected chi connectivity index (χ3v) is 8.27. The minimum absolute atomic E-state index is 0.0629. The van der Waals surface area contributed by atoms with E-state index >= 15 is 0 Å². The highest BCUT2D eigenvalue weighted by Gasteiger charge is 2.55. The van der Waals surface area contributed by atoms with Crippen LogP contribution in [0.2, 0.25) is 5.02 Å². The van der Waals surface area contributed by atoms with Gasteiger partial charge in [-0.3, -0.25) is 0 Å². The zero-order valence-corrected chi connectivity index (χ0v) is 20.6. The molecule has 1 aliphatic carbocycles. The number of imidazole rings is 1. The maximum Gasteiger partial charge on any atom is 0.407 e. The van der Waals surface area contributed by atoms with E-state index in [-0.39, 0.29) is 11.6 Å². The largest absolute Gasteiger partial charge is 0.465 e. The summed E-state index contributed by atoms with van der Waals surface area (Å²) in [6, 6.07) is 3.93. The standard InChI is InChI=1S/C23H25BrClN5O3/c1-28-19(20(24)27-21(28)13-8-23(9-13)11-29(12-23)22(31)32)15-6-14(25)7-17-16(15)10-26-30(17)18-4-2-3-5-33-18/h6-7,10,13,18H,2-5,8-9,11-12H2,1H3,(H,31,32). The van der Waals surface area contributed by atoms with Crippen LogP contribution in [0.3, 0.4) is 0 Å². The number of amides is 1. The number of aromatic nitrogens is 4. The van der Waals surface area contributed by atoms with Crippen molar-refractivity contribution in [3.63, 3.8) is 0 Å². The van der Waals surface area contributed by atoms with Crippen LogP contribution in [-0.2, 0) is 11.8 Å². The first kappa shape index (κ1) is 21.4. The highest BCUT2D eigenvalue weighted by molar-refractivity contribution is 9.10. The predicted molar refractivity (Wildman–Crippen MR) is 127 cm³/mol. The molecule has 1 aromatic carbocycles. The number of hydrogen-bond donors (Lipinski definition) is 1. The van der Waals surface area contributed by atoms with Crippen LogP contribution >= 0.6 is 27.5 Å². The average molecular weight is 535 g/mol. The summed E-state index contributed by atoms with van der Waals surface area (Å²) in [6.45, 7) is 2.02. The van der Waals surface area contributed by atoms with Crippen LogP contribution in [0.5, 0.6) is 0 Å². The Hall–Kier alpha value is -2.10. The number of carbonyl (C=O) groups is 1. The van der Waals surface area contributed by atoms with Gasteiger partial charge in [0.1, 0.15) is 10.4 Å². The molecule has 10 heteroatoms. The number of halogens is 2. The maximum absolute atomic E-state index is 11.1. The Balaban J connectivity index is 1.33. The molecule has 4 heterocycles. The van der Waals surface area contributed by atoms with Crippen LogP contribution < -0.4 is 0 Å². The van der Waals surface area contributed by atoms with E-state index in [0.29, 0.717) is 24.0 Å². The SMILES string of the molecule is Cn1c(C2CC3(C2)CN(C(=O)O)C3)nc(Br)c1-c1cc(Cl)cc2c1cnn2C1CCCCO1. The van der Waals surface area contributed by atoms with Gasteiger partial charge >= 0.3 is 6.09 Å². The third kappa shape index (κ3) is 3.39. The smallest absolute Gasteiger partial charge is 0.407 e. The second kappa shape index (κ2) is 7.71. The lowest BCUT2D eigenvalue weighted by Gasteiger charge is -2.57. The lowest BCUT2D eigenvalue weighted by Crippen LogP contribution is -2.63. The monoisotopic (exact) mass is 533 g/mol. The number of ether oxygens (including phenoxy) is 1. The van der Waals surface area contributed by atoms with Crippen molar-refractivity contribution in [3.8, 4) is 11.3 Å². The highest BCUT2D eigenvalue weighted by Crippen LogP contribution is 2.56. The molecule has 1 unspecified atom stereocenters. The molecule has 174 valence electrons. The molecular weight excluding hydrogens is 510 g/mol. The number of likely N-dealkylation sites (tertiary alicyclic amines) is 1. The fourth-order valence-corrected chi connectivity index (χ4v) is 6.79. The summed E-state index contributed by atoms with van der Waals surface area (Å²) >= 11 is 10.3. The van der Waals surface area contributed by atoms with E-state index in [0.717, 1.165) is 71.3 Å². The Kier molecular flexibility index (Phi) is 5.01. The number of carboxylic acid groups (broad SMARTS) is 1. The first-order valence-corrected chi connectivity index (χ1v) is 12.5. The molecule has 8 nitrogen and oxygen atoms in total. The van der Waals surface area contributed by atoms with Gasteiger partial charge in [-0.15, -0.1) is 0 Å². The van der Waals surface area contributed by atoms with Crippen molar-refractivity contribution in [2.24, 2.45) is 12.5 Å². The lowest BCUT2D eigenvalue weighted by molar-refractivity contribution is -0.0604. The van der Waals surface area contributed by atoms with Gasteiger partial charge in [0.25, 0.3) is 0 Å². The van der Waals surface area contributed by atoms with Crippen LogP contribution in [0.4, 0.5) is 4.79 Å². The van der Waals surface area contributed by atoms with Crippen molar-refractivity contribution < 1.29 is 14.6 Å². The minimum Gasteiger partial charge on any atom is -0.465 e. The highest BCUT2D eigenvalue weighted by atomic mass is 79.9. The zero-order valence-electron chi connectivity index (χ0n) is 18.3. The maximum atomic E-state index is 11.1. The molecule has 2 aromatic heterocycles. The zero-order chi connectivity index (χ0) is 22.9. The Morgan fingerprint density at radius 3 is 2.79 bits per heavy atom. The Morgan fingerprint density at radius 2 is 2.09 bits per heavy atom. The predicted octanol–water partition coefficient (Wildman–Crippen LogP) is 5.41. The van der Waals surface area contributed by atoms with Crippen LogP contribution in [0.25, 0.3) is 22.2 Å². The van der Waals surface area contributed by atoms with E-state index in [9.17, 15) is 4.79 Å². The third-order valence-electron chi connectivity index (χ3n) is 7.50. The van der Waals surface area contributed by atoms with Crippen LogP contribution in [0.15, 0.2) is 22.9 Å². The second-order valence-corrected chi connectivity index (χ2v) is 10.9. The Labute approximate surface area is 204 Å². The molecule has 3 aromatic rings. The van der Waals surface area contributed by atoms with Crippen molar-refractivity contribution in [1.82, 2.24) is 24.2 Å². The summed E-state index contributed by atoms with van der Waals surface area (Å²) in [5.41, 5.74) is 3.06. The van der Waals surface area contributed by atoms with Crippen molar-refractivity contribution in [2.75, 3.05) is 19.7 Å². The lowest BCUT2D eigenvalue weighted by atomic mass is 9.57. The van der Waals surface area contributed by atoms with Gasteiger partial charge in [-0.2, -0.15) is 5.10 Å². The van der Waals surface area contributed by atoms with Crippen molar-refractivity contribution in [3.05, 3.63) is 33.8 Å². The van der Waals surface area contributed by atoms with Crippen molar-refractivity contribution in [2.45, 2.75) is 44.2 Å². The molecule has 2 aliphatic heterocycles. The Morgan fingerprint density at radius 1 is 1.30 bits per heavy atom. The number of fused-ring (bicyclic) bond motifs is 1. The second-order valence-electron chi connectivity index (χ2n) is 9.71. The number of rotatable bonds is 3. The van der Waals surface area contributed by atoms with E-state index in [2.05, 4.69) is 25.6 Å². The van der Waals surface area contributed by atoms with Gasteiger partial charge < -0.3 is 19.3 Å². The summed E-state index contributed by atoms with van der Waals surface area (Å²) < 4.78 is 10.9. The molecule has 1 atom stereocenters. The van der Waals surface area contributed by atoms with Gasteiger partial charge in [0.2, 0.25) is 0 Å². The van der Waals surface area contributed by atoms with Gasteiger partial charge in [0.05, 0.1) is 17.4 Å². The molecule has 0 bridgehead atoms. The quantitative estimate of drug-likeness (QED) is 0.486. The van der Waals surface area contributed by atoms with Crippen molar-refractivity contribution >= 4 is 44.5 Å². The first-order valence-electron chi connectivity index (χ1n) is 11.3. The van der Waals surface area contributed by atoms with Gasteiger partial charge in [-0.25, -0.2) is 14.5 Å². The summed E-state index contributed by atoms with van der Waals surface area (Å²) in [5, 5.41) is 15.5.